The molecule has 2 aromatic rings. The van der Waals surface area contributed by atoms with Crippen molar-refractivity contribution >= 4 is 12.6 Å². The van der Waals surface area contributed by atoms with E-state index in [0.717, 1.165) is 22.3 Å². The van der Waals surface area contributed by atoms with Gasteiger partial charge in [-0.3, -0.25) is 4.68 Å². The highest BCUT2D eigenvalue weighted by molar-refractivity contribution is 6.62. The first-order chi connectivity index (χ1) is 11.6. The van der Waals surface area contributed by atoms with E-state index in [2.05, 4.69) is 44.9 Å². The molecule has 1 aliphatic heterocycles. The second-order valence-electron chi connectivity index (χ2n) is 7.89. The van der Waals surface area contributed by atoms with Crippen molar-refractivity contribution in [3.8, 4) is 11.1 Å². The molecule has 5 nitrogen and oxygen atoms in total. The van der Waals surface area contributed by atoms with Crippen molar-refractivity contribution < 1.29 is 14.4 Å². The van der Waals surface area contributed by atoms with Gasteiger partial charge in [0.05, 0.1) is 30.0 Å². The molecule has 25 heavy (non-hydrogen) atoms. The van der Waals surface area contributed by atoms with Gasteiger partial charge in [0.1, 0.15) is 0 Å². The van der Waals surface area contributed by atoms with Crippen LogP contribution in [0, 0.1) is 6.92 Å². The summed E-state index contributed by atoms with van der Waals surface area (Å²) in [5.41, 5.74) is 3.54. The van der Waals surface area contributed by atoms with Crippen molar-refractivity contribution in [3.63, 3.8) is 0 Å². The van der Waals surface area contributed by atoms with Gasteiger partial charge in [-0.2, -0.15) is 5.10 Å². The molecule has 1 N–H and O–H groups in total. The Balaban J connectivity index is 1.81. The molecule has 1 aromatic carbocycles. The van der Waals surface area contributed by atoms with Crippen molar-refractivity contribution in [1.29, 1.82) is 0 Å². The number of hydrogen-bond acceptors (Lipinski definition) is 4. The van der Waals surface area contributed by atoms with Gasteiger partial charge in [-0.05, 0) is 52.6 Å². The van der Waals surface area contributed by atoms with E-state index in [1.807, 2.05) is 29.9 Å². The number of benzene rings is 1. The van der Waals surface area contributed by atoms with Gasteiger partial charge < -0.3 is 14.4 Å². The summed E-state index contributed by atoms with van der Waals surface area (Å²) >= 11 is 0. The summed E-state index contributed by atoms with van der Waals surface area (Å²) in [6.07, 6.45) is 1.43. The monoisotopic (exact) mass is 342 g/mol. The first-order valence-electron chi connectivity index (χ1n) is 8.77. The first kappa shape index (κ1) is 18.2. The maximum atomic E-state index is 9.56. The van der Waals surface area contributed by atoms with Crippen LogP contribution in [0.15, 0.2) is 30.5 Å². The molecule has 1 fully saturated rings. The van der Waals surface area contributed by atoms with Crippen LogP contribution in [0.1, 0.15) is 40.3 Å². The second kappa shape index (κ2) is 6.27. The van der Waals surface area contributed by atoms with E-state index in [0.29, 0.717) is 6.54 Å². The van der Waals surface area contributed by atoms with Gasteiger partial charge in [-0.25, -0.2) is 0 Å². The van der Waals surface area contributed by atoms with Crippen LogP contribution in [0.3, 0.4) is 0 Å². The SMILES string of the molecule is Cc1c(-c2ccc(B3OC(C)(C)C(C)(C)O3)cc2)cnn1CC(C)O. The highest BCUT2D eigenvalue weighted by Crippen LogP contribution is 2.36. The van der Waals surface area contributed by atoms with Crippen molar-refractivity contribution in [1.82, 2.24) is 9.78 Å². The minimum Gasteiger partial charge on any atom is -0.399 e. The number of hydrogen-bond donors (Lipinski definition) is 1. The molecular weight excluding hydrogens is 315 g/mol. The Morgan fingerprint density at radius 2 is 1.68 bits per heavy atom. The molecule has 1 atom stereocenters. The topological polar surface area (TPSA) is 56.5 Å². The summed E-state index contributed by atoms with van der Waals surface area (Å²) in [6.45, 7) is 12.5. The van der Waals surface area contributed by atoms with Gasteiger partial charge in [0, 0.05) is 11.3 Å². The largest absolute Gasteiger partial charge is 0.494 e. The Morgan fingerprint density at radius 1 is 1.12 bits per heavy atom. The first-order valence-corrected chi connectivity index (χ1v) is 8.77. The van der Waals surface area contributed by atoms with E-state index < -0.39 is 6.10 Å². The minimum absolute atomic E-state index is 0.338. The third-order valence-electron chi connectivity index (χ3n) is 5.29. The van der Waals surface area contributed by atoms with Crippen LogP contribution in [-0.2, 0) is 15.9 Å². The molecule has 1 unspecified atom stereocenters. The molecule has 0 aliphatic carbocycles. The number of aliphatic hydroxyl groups is 1. The lowest BCUT2D eigenvalue weighted by atomic mass is 9.78. The fourth-order valence-electron chi connectivity index (χ4n) is 2.96. The molecule has 3 rings (SSSR count). The average Bonchev–Trinajstić information content (AvgIpc) is 2.96. The van der Waals surface area contributed by atoms with E-state index in [1.165, 1.54) is 0 Å². The van der Waals surface area contributed by atoms with Gasteiger partial charge >= 0.3 is 7.12 Å². The molecule has 6 heteroatoms. The molecule has 1 saturated heterocycles. The maximum absolute atomic E-state index is 9.56. The van der Waals surface area contributed by atoms with Crippen LogP contribution in [0.25, 0.3) is 11.1 Å². The number of nitrogens with zero attached hydrogens (tertiary/aromatic N) is 2. The number of aromatic nitrogens is 2. The Labute approximate surface area is 150 Å². The van der Waals surface area contributed by atoms with Crippen LogP contribution in [-0.4, -0.2) is 39.3 Å². The van der Waals surface area contributed by atoms with E-state index in [-0.39, 0.29) is 18.3 Å². The molecule has 0 saturated carbocycles. The Bertz CT molecular complexity index is 735. The number of rotatable bonds is 4. The summed E-state index contributed by atoms with van der Waals surface area (Å²) < 4.78 is 14.0. The van der Waals surface area contributed by atoms with Crippen LogP contribution in [0.2, 0.25) is 0 Å². The van der Waals surface area contributed by atoms with E-state index in [1.54, 1.807) is 6.92 Å². The lowest BCUT2D eigenvalue weighted by Gasteiger charge is -2.32. The van der Waals surface area contributed by atoms with Crippen molar-refractivity contribution in [3.05, 3.63) is 36.2 Å². The number of aliphatic hydroxyl groups excluding tert-OH is 1. The van der Waals surface area contributed by atoms with Crippen molar-refractivity contribution in [2.75, 3.05) is 0 Å². The quantitative estimate of drug-likeness (QED) is 0.868. The zero-order chi connectivity index (χ0) is 18.4. The Morgan fingerprint density at radius 3 is 2.20 bits per heavy atom. The molecule has 0 spiro atoms. The predicted molar refractivity (Wildman–Crippen MR) is 99.8 cm³/mol. The summed E-state index contributed by atoms with van der Waals surface area (Å²) in [5.74, 6) is 0. The van der Waals surface area contributed by atoms with Gasteiger partial charge in [0.2, 0.25) is 0 Å². The Kier molecular flexibility index (Phi) is 4.56. The lowest BCUT2D eigenvalue weighted by Crippen LogP contribution is -2.41. The summed E-state index contributed by atoms with van der Waals surface area (Å²) in [7, 11) is -0.349. The van der Waals surface area contributed by atoms with E-state index in [4.69, 9.17) is 9.31 Å². The fourth-order valence-corrected chi connectivity index (χ4v) is 2.96. The van der Waals surface area contributed by atoms with Crippen LogP contribution >= 0.6 is 0 Å². The van der Waals surface area contributed by atoms with Crippen molar-refractivity contribution in [2.45, 2.75) is 65.4 Å². The van der Waals surface area contributed by atoms with E-state index >= 15 is 0 Å². The molecule has 0 radical (unpaired) electrons. The van der Waals surface area contributed by atoms with Gasteiger partial charge in [-0.1, -0.05) is 24.3 Å². The summed E-state index contributed by atoms with van der Waals surface area (Å²) in [6, 6.07) is 8.22. The second-order valence-corrected chi connectivity index (χ2v) is 7.89. The summed E-state index contributed by atoms with van der Waals surface area (Å²) in [5, 5.41) is 13.9. The smallest absolute Gasteiger partial charge is 0.399 e. The third-order valence-corrected chi connectivity index (χ3v) is 5.29. The molecular formula is C19H27BN2O3. The minimum atomic E-state index is -0.419. The standard InChI is InChI=1S/C19H27BN2O3/c1-13(23)12-22-14(2)17(11-21-22)15-7-9-16(10-8-15)20-24-18(3,4)19(5,6)25-20/h7-11,13,23H,12H2,1-6H3. The zero-order valence-corrected chi connectivity index (χ0v) is 15.9. The molecule has 0 bridgehead atoms. The van der Waals surface area contributed by atoms with Crippen LogP contribution in [0.5, 0.6) is 0 Å². The van der Waals surface area contributed by atoms with Gasteiger partial charge in [0.15, 0.2) is 0 Å². The van der Waals surface area contributed by atoms with Gasteiger partial charge in [-0.15, -0.1) is 0 Å². The Hall–Kier alpha value is -1.63. The molecule has 1 aromatic heterocycles. The zero-order valence-electron chi connectivity index (χ0n) is 15.9. The molecule has 0 amide bonds. The molecule has 2 heterocycles. The highest BCUT2D eigenvalue weighted by atomic mass is 16.7. The predicted octanol–water partition coefficient (Wildman–Crippen LogP) is 2.54. The van der Waals surface area contributed by atoms with Gasteiger partial charge in [0.25, 0.3) is 0 Å². The molecule has 1 aliphatic rings. The maximum Gasteiger partial charge on any atom is 0.494 e. The van der Waals surface area contributed by atoms with Crippen molar-refractivity contribution in [2.24, 2.45) is 0 Å². The lowest BCUT2D eigenvalue weighted by molar-refractivity contribution is 0.00578. The highest BCUT2D eigenvalue weighted by Gasteiger charge is 2.51. The normalized spacial score (nSPS) is 20.0. The van der Waals surface area contributed by atoms with Crippen LogP contribution in [0.4, 0.5) is 0 Å². The van der Waals surface area contributed by atoms with Crippen LogP contribution < -0.4 is 5.46 Å². The third kappa shape index (κ3) is 3.39. The fraction of sp³-hybridized carbons (Fsp3) is 0.526. The summed E-state index contributed by atoms with van der Waals surface area (Å²) in [4.78, 5) is 0. The molecule has 134 valence electrons. The van der Waals surface area contributed by atoms with E-state index in [9.17, 15) is 5.11 Å². The average molecular weight is 342 g/mol.